The summed E-state index contributed by atoms with van der Waals surface area (Å²) in [5, 5.41) is 5.70. The van der Waals surface area contributed by atoms with Gasteiger partial charge >= 0.3 is 0 Å². The van der Waals surface area contributed by atoms with E-state index < -0.39 is 6.04 Å². The summed E-state index contributed by atoms with van der Waals surface area (Å²) in [7, 11) is 3.08. The van der Waals surface area contributed by atoms with E-state index in [-0.39, 0.29) is 23.6 Å². The second-order valence-electron chi connectivity index (χ2n) is 7.57. The van der Waals surface area contributed by atoms with E-state index in [4.69, 9.17) is 13.9 Å². The smallest absolute Gasteiger partial charge is 0.289 e. The fourth-order valence-electron chi connectivity index (χ4n) is 3.76. The lowest BCUT2D eigenvalue weighted by Crippen LogP contribution is -2.54. The molecule has 32 heavy (non-hydrogen) atoms. The molecule has 2 heterocycles. The van der Waals surface area contributed by atoms with Crippen LogP contribution in [0.3, 0.4) is 0 Å². The summed E-state index contributed by atoms with van der Waals surface area (Å²) in [6, 6.07) is 9.34. The lowest BCUT2D eigenvalue weighted by Gasteiger charge is -2.35. The van der Waals surface area contributed by atoms with Gasteiger partial charge in [-0.3, -0.25) is 14.4 Å². The van der Waals surface area contributed by atoms with Crippen LogP contribution in [0, 0.1) is 5.92 Å². The van der Waals surface area contributed by atoms with Crippen LogP contribution in [0.15, 0.2) is 47.1 Å². The van der Waals surface area contributed by atoms with Gasteiger partial charge in [0.25, 0.3) is 11.8 Å². The van der Waals surface area contributed by atoms with Gasteiger partial charge in [0.2, 0.25) is 5.91 Å². The number of benzene rings is 1. The summed E-state index contributed by atoms with van der Waals surface area (Å²) < 4.78 is 15.4. The fourth-order valence-corrected chi connectivity index (χ4v) is 3.76. The maximum Gasteiger partial charge on any atom is 0.289 e. The summed E-state index contributed by atoms with van der Waals surface area (Å²) >= 11 is 0. The molecule has 1 unspecified atom stereocenters. The molecule has 1 aliphatic rings. The van der Waals surface area contributed by atoms with E-state index in [2.05, 4.69) is 10.6 Å². The number of hydrogen-bond donors (Lipinski definition) is 2. The van der Waals surface area contributed by atoms with E-state index in [1.165, 1.54) is 13.4 Å². The fraction of sp³-hybridized carbons (Fsp3) is 0.435. The minimum atomic E-state index is -0.730. The lowest BCUT2D eigenvalue weighted by atomic mass is 9.88. The molecule has 2 aromatic rings. The Hall–Kier alpha value is -3.33. The predicted octanol–water partition coefficient (Wildman–Crippen LogP) is 1.70. The Morgan fingerprint density at radius 1 is 1.16 bits per heavy atom. The summed E-state index contributed by atoms with van der Waals surface area (Å²) in [6.07, 6.45) is 2.62. The molecule has 0 bridgehead atoms. The number of hydrogen-bond acceptors (Lipinski definition) is 6. The van der Waals surface area contributed by atoms with E-state index in [9.17, 15) is 14.4 Å². The number of rotatable bonds is 9. The molecular formula is C23H29N3O6. The zero-order valence-electron chi connectivity index (χ0n) is 18.3. The molecule has 1 aromatic heterocycles. The summed E-state index contributed by atoms with van der Waals surface area (Å²) in [6.45, 7) is 1.66. The third kappa shape index (κ3) is 5.88. The van der Waals surface area contributed by atoms with Gasteiger partial charge in [-0.05, 0) is 49.1 Å². The zero-order chi connectivity index (χ0) is 22.9. The van der Waals surface area contributed by atoms with Gasteiger partial charge in [0.1, 0.15) is 11.8 Å². The molecule has 1 saturated heterocycles. The number of carbonyl (C=O) groups is 3. The molecule has 172 valence electrons. The number of piperidine rings is 1. The van der Waals surface area contributed by atoms with Crippen LogP contribution in [0.2, 0.25) is 0 Å². The molecule has 1 atom stereocenters. The Morgan fingerprint density at radius 2 is 1.94 bits per heavy atom. The Morgan fingerprint density at radius 3 is 2.59 bits per heavy atom. The monoisotopic (exact) mass is 443 g/mol. The number of amides is 3. The van der Waals surface area contributed by atoms with E-state index in [0.717, 1.165) is 0 Å². The Bertz CT molecular complexity index is 906. The van der Waals surface area contributed by atoms with Crippen molar-refractivity contribution >= 4 is 17.7 Å². The van der Waals surface area contributed by atoms with Crippen molar-refractivity contribution in [2.45, 2.75) is 18.9 Å². The van der Waals surface area contributed by atoms with Gasteiger partial charge in [0.15, 0.2) is 5.76 Å². The highest BCUT2D eigenvalue weighted by Crippen LogP contribution is 2.23. The second-order valence-corrected chi connectivity index (χ2v) is 7.57. The molecule has 9 heteroatoms. The van der Waals surface area contributed by atoms with E-state index in [1.54, 1.807) is 48.4 Å². The number of furan rings is 1. The van der Waals surface area contributed by atoms with Gasteiger partial charge in [-0.25, -0.2) is 0 Å². The Labute approximate surface area is 187 Å². The molecule has 0 radical (unpaired) electrons. The van der Waals surface area contributed by atoms with Crippen LogP contribution in [0.1, 0.15) is 33.8 Å². The molecule has 3 rings (SSSR count). The molecule has 0 saturated carbocycles. The third-order valence-electron chi connectivity index (χ3n) is 5.54. The first-order valence-corrected chi connectivity index (χ1v) is 10.6. The van der Waals surface area contributed by atoms with Crippen LogP contribution >= 0.6 is 0 Å². The standard InChI is InChI=1S/C23H29N3O6/c1-30-14-10-24-22(28)20(25-21(27)17-5-3-6-18(15-17)31-2)16-8-11-26(12-9-16)23(29)19-7-4-13-32-19/h3-7,13,15-16,20H,8-12,14H2,1-2H3,(H,24,28)(H,25,27). The van der Waals surface area contributed by atoms with E-state index in [1.807, 2.05) is 0 Å². The van der Waals surface area contributed by atoms with Crippen LogP contribution < -0.4 is 15.4 Å². The quantitative estimate of drug-likeness (QED) is 0.571. The van der Waals surface area contributed by atoms with E-state index >= 15 is 0 Å². The summed E-state index contributed by atoms with van der Waals surface area (Å²) in [5.74, 6) is -0.0613. The molecule has 1 aliphatic heterocycles. The number of carbonyl (C=O) groups excluding carboxylic acids is 3. The van der Waals surface area contributed by atoms with Crippen molar-refractivity contribution in [3.05, 3.63) is 54.0 Å². The molecule has 1 aromatic carbocycles. The van der Waals surface area contributed by atoms with Gasteiger partial charge in [0, 0.05) is 32.3 Å². The first kappa shape index (κ1) is 23.3. The topological polar surface area (TPSA) is 110 Å². The van der Waals surface area contributed by atoms with Crippen LogP contribution in [0.4, 0.5) is 0 Å². The van der Waals surface area contributed by atoms with Gasteiger partial charge in [-0.15, -0.1) is 0 Å². The number of ether oxygens (including phenoxy) is 2. The zero-order valence-corrected chi connectivity index (χ0v) is 18.3. The Balaban J connectivity index is 1.68. The molecule has 9 nitrogen and oxygen atoms in total. The summed E-state index contributed by atoms with van der Waals surface area (Å²) in [5.41, 5.74) is 0.407. The maximum absolute atomic E-state index is 12.9. The van der Waals surface area contributed by atoms with Crippen molar-refractivity contribution in [3.63, 3.8) is 0 Å². The molecular weight excluding hydrogens is 414 g/mol. The number of likely N-dealkylation sites (tertiary alicyclic amines) is 1. The molecule has 0 spiro atoms. The second kappa shape index (κ2) is 11.3. The van der Waals surface area contributed by atoms with Crippen LogP contribution in [-0.4, -0.2) is 69.1 Å². The lowest BCUT2D eigenvalue weighted by molar-refractivity contribution is -0.124. The average Bonchev–Trinajstić information content (AvgIpc) is 3.37. The average molecular weight is 444 g/mol. The van der Waals surface area contributed by atoms with Crippen molar-refractivity contribution in [3.8, 4) is 5.75 Å². The van der Waals surface area contributed by atoms with Crippen LogP contribution in [-0.2, 0) is 9.53 Å². The number of nitrogens with zero attached hydrogens (tertiary/aromatic N) is 1. The van der Waals surface area contributed by atoms with Crippen molar-refractivity contribution < 1.29 is 28.3 Å². The first-order chi connectivity index (χ1) is 15.5. The highest BCUT2D eigenvalue weighted by Gasteiger charge is 2.34. The predicted molar refractivity (Wildman–Crippen MR) is 116 cm³/mol. The van der Waals surface area contributed by atoms with Crippen LogP contribution in [0.5, 0.6) is 5.75 Å². The van der Waals surface area contributed by atoms with E-state index in [0.29, 0.717) is 56.2 Å². The minimum Gasteiger partial charge on any atom is -0.497 e. The summed E-state index contributed by atoms with van der Waals surface area (Å²) in [4.78, 5) is 40.0. The van der Waals surface area contributed by atoms with Crippen LogP contribution in [0.25, 0.3) is 0 Å². The number of nitrogens with one attached hydrogen (secondary N) is 2. The molecule has 1 fully saturated rings. The largest absolute Gasteiger partial charge is 0.497 e. The molecule has 0 aliphatic carbocycles. The minimum absolute atomic E-state index is 0.118. The number of methoxy groups -OCH3 is 2. The third-order valence-corrected chi connectivity index (χ3v) is 5.54. The SMILES string of the molecule is COCCNC(=O)C(NC(=O)c1cccc(OC)c1)C1CCN(C(=O)c2ccco2)CC1. The highest BCUT2D eigenvalue weighted by atomic mass is 16.5. The van der Waals surface area contributed by atoms with Crippen molar-refractivity contribution in [1.29, 1.82) is 0 Å². The normalized spacial score (nSPS) is 15.1. The van der Waals surface area contributed by atoms with Crippen molar-refractivity contribution in [2.24, 2.45) is 5.92 Å². The van der Waals surface area contributed by atoms with Crippen molar-refractivity contribution in [1.82, 2.24) is 15.5 Å². The Kier molecular flexibility index (Phi) is 8.27. The van der Waals surface area contributed by atoms with Gasteiger partial charge < -0.3 is 29.4 Å². The maximum atomic E-state index is 12.9. The first-order valence-electron chi connectivity index (χ1n) is 10.6. The molecule has 2 N–H and O–H groups in total. The highest BCUT2D eigenvalue weighted by molar-refractivity contribution is 5.98. The van der Waals surface area contributed by atoms with Gasteiger partial charge in [-0.1, -0.05) is 6.07 Å². The molecule has 3 amide bonds. The van der Waals surface area contributed by atoms with Crippen molar-refractivity contribution in [2.75, 3.05) is 40.5 Å². The van der Waals surface area contributed by atoms with Gasteiger partial charge in [-0.2, -0.15) is 0 Å². The van der Waals surface area contributed by atoms with Gasteiger partial charge in [0.05, 0.1) is 20.0 Å².